The Kier molecular flexibility index (Phi) is 4.72. The summed E-state index contributed by atoms with van der Waals surface area (Å²) in [7, 11) is 0. The second-order valence-electron chi connectivity index (χ2n) is 3.04. The van der Waals surface area contributed by atoms with Crippen LogP contribution in [0.5, 0.6) is 0 Å². The van der Waals surface area contributed by atoms with Gasteiger partial charge in [-0.15, -0.1) is 0 Å². The number of aliphatic hydroxyl groups excluding tert-OH is 1. The van der Waals surface area contributed by atoms with Gasteiger partial charge in [0.1, 0.15) is 0 Å². The van der Waals surface area contributed by atoms with E-state index in [0.29, 0.717) is 0 Å². The molecule has 0 radical (unpaired) electrons. The molecule has 0 unspecified atom stereocenters. The molecule has 0 spiro atoms. The summed E-state index contributed by atoms with van der Waals surface area (Å²) in [5, 5.41) is 9.89. The van der Waals surface area contributed by atoms with E-state index < -0.39 is 0 Å². The lowest BCUT2D eigenvalue weighted by Gasteiger charge is -2.01. The minimum absolute atomic E-state index is 0.0982. The van der Waals surface area contributed by atoms with Gasteiger partial charge < -0.3 is 5.11 Å². The minimum Gasteiger partial charge on any atom is -0.392 e. The quantitative estimate of drug-likeness (QED) is 0.634. The Hall–Kier alpha value is -0.780. The Balaban J connectivity index is 2.82. The Morgan fingerprint density at radius 1 is 1.43 bits per heavy atom. The lowest BCUT2D eigenvalue weighted by atomic mass is 10.1. The van der Waals surface area contributed by atoms with Crippen LogP contribution in [0.3, 0.4) is 0 Å². The Morgan fingerprint density at radius 3 is 2.79 bits per heavy atom. The van der Waals surface area contributed by atoms with E-state index in [2.05, 4.69) is 27.8 Å². The number of hydrogen-bond acceptors (Lipinski definition) is 1. The van der Waals surface area contributed by atoms with Crippen molar-refractivity contribution >= 4 is 15.9 Å². The molecule has 0 aliphatic carbocycles. The van der Waals surface area contributed by atoms with Crippen LogP contribution in [0, 0.1) is 18.8 Å². The SMILES string of the molecule is Cc1cc(C#CCCBr)ccc1CO. The number of halogens is 1. The topological polar surface area (TPSA) is 20.2 Å². The number of rotatable bonds is 2. The third-order valence-corrected chi connectivity index (χ3v) is 2.36. The lowest BCUT2D eigenvalue weighted by Crippen LogP contribution is -1.88. The molecule has 0 fully saturated rings. The zero-order chi connectivity index (χ0) is 10.4. The van der Waals surface area contributed by atoms with Gasteiger partial charge in [-0.2, -0.15) is 0 Å². The molecule has 0 saturated carbocycles. The standard InChI is InChI=1S/C12H13BrO/c1-10-8-11(4-2-3-7-13)5-6-12(10)9-14/h5-6,8,14H,3,7,9H2,1H3. The molecule has 0 amide bonds. The van der Waals surface area contributed by atoms with Crippen LogP contribution in [0.15, 0.2) is 18.2 Å². The van der Waals surface area contributed by atoms with Crippen molar-refractivity contribution in [3.05, 3.63) is 34.9 Å². The van der Waals surface area contributed by atoms with Crippen molar-refractivity contribution in [3.63, 3.8) is 0 Å². The molecule has 1 nitrogen and oxygen atoms in total. The second kappa shape index (κ2) is 5.85. The van der Waals surface area contributed by atoms with E-state index >= 15 is 0 Å². The van der Waals surface area contributed by atoms with E-state index in [-0.39, 0.29) is 6.61 Å². The Labute approximate surface area is 93.3 Å². The maximum absolute atomic E-state index is 8.98. The molecule has 0 heterocycles. The van der Waals surface area contributed by atoms with Gasteiger partial charge in [0, 0.05) is 17.3 Å². The highest BCUT2D eigenvalue weighted by Crippen LogP contribution is 2.10. The zero-order valence-electron chi connectivity index (χ0n) is 8.18. The first-order chi connectivity index (χ1) is 6.77. The normalized spacial score (nSPS) is 9.36. The van der Waals surface area contributed by atoms with Crippen LogP contribution >= 0.6 is 15.9 Å². The number of aliphatic hydroxyl groups is 1. The van der Waals surface area contributed by atoms with Crippen LogP contribution < -0.4 is 0 Å². The van der Waals surface area contributed by atoms with Crippen molar-refractivity contribution < 1.29 is 5.11 Å². The summed E-state index contributed by atoms with van der Waals surface area (Å²) in [5.41, 5.74) is 3.08. The van der Waals surface area contributed by atoms with Crippen LogP contribution in [0.2, 0.25) is 0 Å². The van der Waals surface area contributed by atoms with Crippen LogP contribution in [-0.4, -0.2) is 10.4 Å². The first-order valence-electron chi connectivity index (χ1n) is 4.53. The molecule has 1 N–H and O–H groups in total. The van der Waals surface area contributed by atoms with E-state index in [9.17, 15) is 0 Å². The zero-order valence-corrected chi connectivity index (χ0v) is 9.76. The van der Waals surface area contributed by atoms with Gasteiger partial charge in [-0.3, -0.25) is 0 Å². The van der Waals surface area contributed by atoms with Crippen molar-refractivity contribution in [1.82, 2.24) is 0 Å². The van der Waals surface area contributed by atoms with Crippen molar-refractivity contribution in [2.75, 3.05) is 5.33 Å². The van der Waals surface area contributed by atoms with Crippen molar-refractivity contribution in [1.29, 1.82) is 0 Å². The summed E-state index contributed by atoms with van der Waals surface area (Å²) in [4.78, 5) is 0. The molecule has 1 aromatic rings. The molecule has 0 saturated heterocycles. The molecule has 1 rings (SSSR count). The van der Waals surface area contributed by atoms with Gasteiger partial charge >= 0.3 is 0 Å². The van der Waals surface area contributed by atoms with E-state index in [1.165, 1.54) is 0 Å². The summed E-state index contributed by atoms with van der Waals surface area (Å²) in [6, 6.07) is 5.88. The average molecular weight is 253 g/mol. The predicted octanol–water partition coefficient (Wildman–Crippen LogP) is 2.62. The molecule has 0 atom stereocenters. The number of aryl methyl sites for hydroxylation is 1. The summed E-state index contributed by atoms with van der Waals surface area (Å²) < 4.78 is 0. The second-order valence-corrected chi connectivity index (χ2v) is 3.83. The monoisotopic (exact) mass is 252 g/mol. The van der Waals surface area contributed by atoms with Crippen molar-refractivity contribution in [2.45, 2.75) is 20.0 Å². The van der Waals surface area contributed by atoms with Crippen molar-refractivity contribution in [3.8, 4) is 11.8 Å². The van der Waals surface area contributed by atoms with E-state index in [0.717, 1.165) is 28.4 Å². The highest BCUT2D eigenvalue weighted by Gasteiger charge is 1.96. The van der Waals surface area contributed by atoms with Gasteiger partial charge in [0.15, 0.2) is 0 Å². The molecule has 14 heavy (non-hydrogen) atoms. The van der Waals surface area contributed by atoms with Gasteiger partial charge in [0.2, 0.25) is 0 Å². The fourth-order valence-electron chi connectivity index (χ4n) is 1.16. The summed E-state index contributed by atoms with van der Waals surface area (Å²) in [5.74, 6) is 6.13. The van der Waals surface area contributed by atoms with Gasteiger partial charge in [-0.05, 0) is 30.2 Å². The fraction of sp³-hybridized carbons (Fsp3) is 0.333. The van der Waals surface area contributed by atoms with Crippen LogP contribution in [0.25, 0.3) is 0 Å². The smallest absolute Gasteiger partial charge is 0.0684 e. The Bertz CT molecular complexity index is 360. The third kappa shape index (κ3) is 3.17. The molecule has 0 aromatic heterocycles. The van der Waals surface area contributed by atoms with Gasteiger partial charge in [0.05, 0.1) is 6.61 Å². The van der Waals surface area contributed by atoms with Gasteiger partial charge in [0.25, 0.3) is 0 Å². The number of alkyl halides is 1. The van der Waals surface area contributed by atoms with E-state index in [4.69, 9.17) is 5.11 Å². The molecule has 2 heteroatoms. The average Bonchev–Trinajstić information content (AvgIpc) is 2.18. The van der Waals surface area contributed by atoms with Crippen LogP contribution in [-0.2, 0) is 6.61 Å². The highest BCUT2D eigenvalue weighted by molar-refractivity contribution is 9.09. The molecular weight excluding hydrogens is 240 g/mol. The molecule has 0 bridgehead atoms. The highest BCUT2D eigenvalue weighted by atomic mass is 79.9. The van der Waals surface area contributed by atoms with Crippen LogP contribution in [0.1, 0.15) is 23.1 Å². The molecule has 74 valence electrons. The largest absolute Gasteiger partial charge is 0.392 e. The molecule has 1 aromatic carbocycles. The fourth-order valence-corrected chi connectivity index (χ4v) is 1.36. The Morgan fingerprint density at radius 2 is 2.21 bits per heavy atom. The number of benzene rings is 1. The first kappa shape index (κ1) is 11.3. The lowest BCUT2D eigenvalue weighted by molar-refractivity contribution is 0.281. The van der Waals surface area contributed by atoms with Crippen molar-refractivity contribution in [2.24, 2.45) is 0 Å². The van der Waals surface area contributed by atoms with E-state index in [1.807, 2.05) is 25.1 Å². The molecule has 0 aliphatic rings. The van der Waals surface area contributed by atoms with Gasteiger partial charge in [-0.1, -0.05) is 33.8 Å². The van der Waals surface area contributed by atoms with Crippen LogP contribution in [0.4, 0.5) is 0 Å². The first-order valence-corrected chi connectivity index (χ1v) is 5.65. The maximum atomic E-state index is 8.98. The minimum atomic E-state index is 0.0982. The third-order valence-electron chi connectivity index (χ3n) is 1.97. The molecule has 0 aliphatic heterocycles. The summed E-state index contributed by atoms with van der Waals surface area (Å²) >= 11 is 3.32. The maximum Gasteiger partial charge on any atom is 0.0684 e. The summed E-state index contributed by atoms with van der Waals surface area (Å²) in [6.07, 6.45) is 0.862. The van der Waals surface area contributed by atoms with Gasteiger partial charge in [-0.25, -0.2) is 0 Å². The molecular formula is C12H13BrO. The summed E-state index contributed by atoms with van der Waals surface area (Å²) in [6.45, 7) is 2.09. The van der Waals surface area contributed by atoms with E-state index in [1.54, 1.807) is 0 Å². The number of hydrogen-bond donors (Lipinski definition) is 1. The predicted molar refractivity (Wildman–Crippen MR) is 62.4 cm³/mol.